The second kappa shape index (κ2) is 4.81. The summed E-state index contributed by atoms with van der Waals surface area (Å²) in [5, 5.41) is 0. The normalized spacial score (nSPS) is 31.2. The number of thioether (sulfide) groups is 1. The second-order valence-corrected chi connectivity index (χ2v) is 4.85. The first-order chi connectivity index (χ1) is 7.32. The Balaban J connectivity index is 2.95. The number of hydrogen-bond acceptors (Lipinski definition) is 3. The smallest absolute Gasteiger partial charge is 0.390 e. The molecule has 0 aromatic carbocycles. The predicted molar refractivity (Wildman–Crippen MR) is 52.0 cm³/mol. The van der Waals surface area contributed by atoms with Crippen LogP contribution in [0, 0.1) is 5.41 Å². The molecule has 1 aliphatic rings. The molecular formula is C9H12F4O2S. The van der Waals surface area contributed by atoms with Gasteiger partial charge in [0.1, 0.15) is 11.6 Å². The molecule has 94 valence electrons. The summed E-state index contributed by atoms with van der Waals surface area (Å²) in [5.41, 5.74) is -2.06. The molecule has 0 bridgehead atoms. The first kappa shape index (κ1) is 13.6. The van der Waals surface area contributed by atoms with Crippen molar-refractivity contribution in [3.8, 4) is 0 Å². The molecule has 2 nitrogen and oxygen atoms in total. The van der Waals surface area contributed by atoms with E-state index in [1.807, 2.05) is 0 Å². The van der Waals surface area contributed by atoms with Crippen molar-refractivity contribution in [1.82, 2.24) is 0 Å². The molecule has 0 radical (unpaired) electrons. The van der Waals surface area contributed by atoms with Crippen molar-refractivity contribution in [2.24, 2.45) is 5.41 Å². The fourth-order valence-corrected chi connectivity index (χ4v) is 3.07. The highest BCUT2D eigenvalue weighted by molar-refractivity contribution is 7.99. The van der Waals surface area contributed by atoms with Crippen LogP contribution in [-0.4, -0.2) is 36.9 Å². The maximum atomic E-state index is 13.7. The molecule has 1 heterocycles. The Bertz CT molecular complexity index is 269. The average Bonchev–Trinajstić information content (AvgIpc) is 2.18. The fourth-order valence-electron chi connectivity index (χ4n) is 1.79. The largest absolute Gasteiger partial charge is 0.468 e. The standard InChI is InChI=1S/C9H12F4O2S/c1-15-7(14)8(4-9(11,12)13)5-16-3-2-6(8)10/h6H,2-5H2,1H3. The van der Waals surface area contributed by atoms with E-state index in [4.69, 9.17) is 0 Å². The highest BCUT2D eigenvalue weighted by Crippen LogP contribution is 2.45. The quantitative estimate of drug-likeness (QED) is 0.564. The maximum Gasteiger partial charge on any atom is 0.390 e. The first-order valence-electron chi connectivity index (χ1n) is 4.69. The summed E-state index contributed by atoms with van der Waals surface area (Å²) in [4.78, 5) is 11.4. The first-order valence-corrected chi connectivity index (χ1v) is 5.84. The minimum atomic E-state index is -4.57. The molecule has 1 saturated heterocycles. The van der Waals surface area contributed by atoms with Crippen molar-refractivity contribution < 1.29 is 27.1 Å². The zero-order valence-electron chi connectivity index (χ0n) is 8.64. The summed E-state index contributed by atoms with van der Waals surface area (Å²) in [6.45, 7) is 0. The molecule has 2 atom stereocenters. The monoisotopic (exact) mass is 260 g/mol. The fraction of sp³-hybridized carbons (Fsp3) is 0.889. The van der Waals surface area contributed by atoms with Crippen LogP contribution in [0.5, 0.6) is 0 Å². The summed E-state index contributed by atoms with van der Waals surface area (Å²) in [5.74, 6) is -0.859. The number of methoxy groups -OCH3 is 1. The molecule has 7 heteroatoms. The summed E-state index contributed by atoms with van der Waals surface area (Å²) in [7, 11) is 0.979. The van der Waals surface area contributed by atoms with E-state index in [2.05, 4.69) is 4.74 Å². The van der Waals surface area contributed by atoms with E-state index in [1.54, 1.807) is 0 Å². The van der Waals surface area contributed by atoms with Crippen LogP contribution in [0.2, 0.25) is 0 Å². The lowest BCUT2D eigenvalue weighted by Crippen LogP contribution is -2.48. The van der Waals surface area contributed by atoms with Crippen LogP contribution in [-0.2, 0) is 9.53 Å². The molecule has 1 fully saturated rings. The molecule has 0 spiro atoms. The number of alkyl halides is 4. The number of carbonyl (C=O) groups is 1. The van der Waals surface area contributed by atoms with E-state index >= 15 is 0 Å². The molecule has 0 amide bonds. The van der Waals surface area contributed by atoms with Gasteiger partial charge in [0, 0.05) is 5.75 Å². The second-order valence-electron chi connectivity index (χ2n) is 3.75. The van der Waals surface area contributed by atoms with Gasteiger partial charge in [-0.25, -0.2) is 4.39 Å². The zero-order chi connectivity index (χ0) is 12.4. The van der Waals surface area contributed by atoms with Crippen LogP contribution < -0.4 is 0 Å². The Morgan fingerprint density at radius 1 is 1.56 bits per heavy atom. The van der Waals surface area contributed by atoms with E-state index in [9.17, 15) is 22.4 Å². The van der Waals surface area contributed by atoms with Gasteiger partial charge in [0.05, 0.1) is 13.5 Å². The van der Waals surface area contributed by atoms with Crippen LogP contribution in [0.1, 0.15) is 12.8 Å². The van der Waals surface area contributed by atoms with Crippen LogP contribution >= 0.6 is 11.8 Å². The van der Waals surface area contributed by atoms with Gasteiger partial charge in [-0.3, -0.25) is 4.79 Å². The highest BCUT2D eigenvalue weighted by Gasteiger charge is 2.55. The summed E-state index contributed by atoms with van der Waals surface area (Å²) < 4.78 is 55.1. The van der Waals surface area contributed by atoms with Crippen molar-refractivity contribution in [3.05, 3.63) is 0 Å². The van der Waals surface area contributed by atoms with Gasteiger partial charge in [0.25, 0.3) is 0 Å². The summed E-state index contributed by atoms with van der Waals surface area (Å²) >= 11 is 1.15. The number of hydrogen-bond donors (Lipinski definition) is 0. The van der Waals surface area contributed by atoms with Gasteiger partial charge < -0.3 is 4.74 Å². The van der Waals surface area contributed by atoms with Gasteiger partial charge >= 0.3 is 12.1 Å². The van der Waals surface area contributed by atoms with E-state index in [0.717, 1.165) is 18.9 Å². The highest BCUT2D eigenvalue weighted by atomic mass is 32.2. The van der Waals surface area contributed by atoms with Gasteiger partial charge in [-0.2, -0.15) is 24.9 Å². The maximum absolute atomic E-state index is 13.7. The third kappa shape index (κ3) is 2.81. The number of carbonyl (C=O) groups excluding carboxylic acids is 1. The van der Waals surface area contributed by atoms with Crippen molar-refractivity contribution in [2.75, 3.05) is 18.6 Å². The van der Waals surface area contributed by atoms with Crippen LogP contribution in [0.25, 0.3) is 0 Å². The lowest BCUT2D eigenvalue weighted by Gasteiger charge is -2.37. The SMILES string of the molecule is COC(=O)C1(CC(F)(F)F)CSCCC1F. The summed E-state index contributed by atoms with van der Waals surface area (Å²) in [6.07, 6.45) is -7.87. The zero-order valence-corrected chi connectivity index (χ0v) is 9.46. The third-order valence-electron chi connectivity index (χ3n) is 2.58. The van der Waals surface area contributed by atoms with Crippen molar-refractivity contribution in [2.45, 2.75) is 25.2 Å². The number of rotatable bonds is 2. The molecule has 0 aromatic heterocycles. The Morgan fingerprint density at radius 2 is 2.19 bits per heavy atom. The van der Waals surface area contributed by atoms with Gasteiger partial charge in [-0.1, -0.05) is 0 Å². The lowest BCUT2D eigenvalue weighted by molar-refractivity contribution is -0.186. The van der Waals surface area contributed by atoms with Crippen molar-refractivity contribution in [1.29, 1.82) is 0 Å². The Hall–Kier alpha value is -0.460. The van der Waals surface area contributed by atoms with E-state index < -0.39 is 30.2 Å². The predicted octanol–water partition coefficient (Wildman–Crippen LogP) is 2.57. The molecule has 1 aliphatic heterocycles. The van der Waals surface area contributed by atoms with E-state index in [-0.39, 0.29) is 12.2 Å². The van der Waals surface area contributed by atoms with E-state index in [0.29, 0.717) is 5.75 Å². The van der Waals surface area contributed by atoms with Gasteiger partial charge in [-0.15, -0.1) is 0 Å². The lowest BCUT2D eigenvalue weighted by atomic mass is 9.79. The third-order valence-corrected chi connectivity index (χ3v) is 3.83. The number of ether oxygens (including phenoxy) is 1. The van der Waals surface area contributed by atoms with Gasteiger partial charge in [0.2, 0.25) is 0 Å². The molecular weight excluding hydrogens is 248 g/mol. The van der Waals surface area contributed by atoms with Crippen molar-refractivity contribution in [3.63, 3.8) is 0 Å². The van der Waals surface area contributed by atoms with Gasteiger partial charge in [0.15, 0.2) is 0 Å². The average molecular weight is 260 g/mol. The van der Waals surface area contributed by atoms with E-state index in [1.165, 1.54) is 0 Å². The minimum Gasteiger partial charge on any atom is -0.468 e. The Kier molecular flexibility index (Phi) is 4.09. The Labute approximate surface area is 94.7 Å². The molecule has 0 saturated carbocycles. The molecule has 0 aliphatic carbocycles. The van der Waals surface area contributed by atoms with Crippen LogP contribution in [0.15, 0.2) is 0 Å². The number of esters is 1. The molecule has 16 heavy (non-hydrogen) atoms. The van der Waals surface area contributed by atoms with Crippen molar-refractivity contribution >= 4 is 17.7 Å². The van der Waals surface area contributed by atoms with Crippen LogP contribution in [0.4, 0.5) is 17.6 Å². The summed E-state index contributed by atoms with van der Waals surface area (Å²) in [6, 6.07) is 0. The topological polar surface area (TPSA) is 26.3 Å². The van der Waals surface area contributed by atoms with Crippen LogP contribution in [0.3, 0.4) is 0 Å². The minimum absolute atomic E-state index is 0.0458. The Morgan fingerprint density at radius 3 is 2.62 bits per heavy atom. The van der Waals surface area contributed by atoms with Gasteiger partial charge in [-0.05, 0) is 12.2 Å². The molecule has 0 aromatic rings. The molecule has 2 unspecified atom stereocenters. The number of halogens is 4. The molecule has 0 N–H and O–H groups in total. The molecule has 1 rings (SSSR count).